The van der Waals surface area contributed by atoms with E-state index in [0.29, 0.717) is 38.5 Å². The topological polar surface area (TPSA) is 321 Å². The molecule has 0 radical (unpaired) electrons. The number of rotatable bonds is 65. The highest BCUT2D eigenvalue weighted by Gasteiger charge is 2.27. The third kappa shape index (κ3) is 56.5. The number of phosphoric ester groups is 2. The maximum Gasteiger partial charge on any atom is 0.472 e. The maximum absolute atomic E-state index is 12.9. The normalized spacial score (nSPS) is 14.4. The first-order valence-corrected chi connectivity index (χ1v) is 36.2. The van der Waals surface area contributed by atoms with Gasteiger partial charge in [0.2, 0.25) is 23.6 Å². The Hall–Kier alpha value is -2.72. The fourth-order valence-electron chi connectivity index (χ4n) is 9.32. The molecular weight excluding hydrogens is 1150 g/mol. The molecule has 6 atom stereocenters. The largest absolute Gasteiger partial charge is 0.472 e. The first kappa shape index (κ1) is 83.3. The van der Waals surface area contributed by atoms with Crippen LogP contribution in [0.3, 0.4) is 0 Å². The molecule has 0 aromatic rings. The van der Waals surface area contributed by atoms with E-state index in [9.17, 15) is 57.9 Å². The lowest BCUT2D eigenvalue weighted by Crippen LogP contribution is -2.42. The van der Waals surface area contributed by atoms with Gasteiger partial charge in [-0.2, -0.15) is 0 Å². The second kappa shape index (κ2) is 57.4. The van der Waals surface area contributed by atoms with Gasteiger partial charge in [-0.3, -0.25) is 46.9 Å². The van der Waals surface area contributed by atoms with Crippen LogP contribution >= 0.6 is 15.6 Å². The van der Waals surface area contributed by atoms with E-state index in [1.165, 1.54) is 64.2 Å². The van der Waals surface area contributed by atoms with Gasteiger partial charge in [0, 0.05) is 52.0 Å². The Morgan fingerprint density at radius 1 is 0.360 bits per heavy atom. The van der Waals surface area contributed by atoms with Gasteiger partial charge >= 0.3 is 15.6 Å². The molecule has 0 fully saturated rings. The summed E-state index contributed by atoms with van der Waals surface area (Å²) in [6, 6.07) is -1.87. The zero-order valence-corrected chi connectivity index (χ0v) is 55.4. The van der Waals surface area contributed by atoms with Crippen molar-refractivity contribution in [3.05, 3.63) is 0 Å². The molecule has 22 nitrogen and oxygen atoms in total. The molecule has 506 valence electrons. The molecule has 0 spiro atoms. The Morgan fingerprint density at radius 2 is 0.663 bits per heavy atom. The van der Waals surface area contributed by atoms with Crippen molar-refractivity contribution < 1.29 is 85.5 Å². The number of Topliss-reactive ketones (excluding diaryl/α,β-unsaturated/α-hetero) is 2. The van der Waals surface area contributed by atoms with Gasteiger partial charge in [-0.15, -0.1) is 0 Å². The summed E-state index contributed by atoms with van der Waals surface area (Å²) in [4.78, 5) is 96.8. The van der Waals surface area contributed by atoms with Gasteiger partial charge in [0.1, 0.15) is 11.6 Å². The summed E-state index contributed by atoms with van der Waals surface area (Å²) < 4.78 is 57.4. The van der Waals surface area contributed by atoms with Crippen LogP contribution in [0.4, 0.5) is 0 Å². The first-order valence-electron chi connectivity index (χ1n) is 33.3. The monoisotopic (exact) mass is 1270 g/mol. The van der Waals surface area contributed by atoms with Crippen LogP contribution in [0.5, 0.6) is 0 Å². The van der Waals surface area contributed by atoms with Crippen LogP contribution in [0.15, 0.2) is 0 Å². The number of aliphatic hydroxyl groups excluding tert-OH is 2. The molecule has 0 aliphatic heterocycles. The zero-order valence-electron chi connectivity index (χ0n) is 53.6. The van der Waals surface area contributed by atoms with Crippen molar-refractivity contribution in [2.75, 3.05) is 65.9 Å². The summed E-state index contributed by atoms with van der Waals surface area (Å²) in [5.41, 5.74) is 0. The van der Waals surface area contributed by atoms with E-state index in [1.54, 1.807) is 0 Å². The molecule has 0 aliphatic rings. The van der Waals surface area contributed by atoms with Gasteiger partial charge in [0.25, 0.3) is 0 Å². The summed E-state index contributed by atoms with van der Waals surface area (Å²) in [6.45, 7) is 6.32. The predicted octanol–water partition coefficient (Wildman–Crippen LogP) is 11.3. The Balaban J connectivity index is 4.96. The van der Waals surface area contributed by atoms with Crippen molar-refractivity contribution in [1.82, 2.24) is 21.3 Å². The molecule has 0 rings (SSSR count). The van der Waals surface area contributed by atoms with Gasteiger partial charge in [-0.1, -0.05) is 195 Å². The van der Waals surface area contributed by atoms with Crippen LogP contribution in [0, 0.1) is 0 Å². The third-order valence-corrected chi connectivity index (χ3v) is 16.5. The predicted molar refractivity (Wildman–Crippen MR) is 335 cm³/mol. The number of amides is 4. The van der Waals surface area contributed by atoms with E-state index in [-0.39, 0.29) is 89.6 Å². The van der Waals surface area contributed by atoms with Gasteiger partial charge in [-0.05, 0) is 38.5 Å². The van der Waals surface area contributed by atoms with Crippen LogP contribution in [0.1, 0.15) is 272 Å². The minimum atomic E-state index is -4.72. The lowest BCUT2D eigenvalue weighted by Gasteiger charge is -2.21. The summed E-state index contributed by atoms with van der Waals surface area (Å²) in [5, 5.41) is 31.0. The van der Waals surface area contributed by atoms with E-state index in [1.807, 2.05) is 0 Å². The van der Waals surface area contributed by atoms with Crippen molar-refractivity contribution in [2.45, 2.75) is 296 Å². The highest BCUT2D eigenvalue weighted by atomic mass is 31.2. The molecule has 24 heteroatoms. The molecular formula is C62H120N4O18P2. The highest BCUT2D eigenvalue weighted by Crippen LogP contribution is 2.43. The Bertz CT molecular complexity index is 1690. The number of ether oxygens (including phenoxy) is 2. The average Bonchev–Trinajstić information content (AvgIpc) is 3.48. The number of nitrogens with one attached hydrogen (secondary N) is 4. The van der Waals surface area contributed by atoms with Gasteiger partial charge in [-0.25, -0.2) is 9.13 Å². The van der Waals surface area contributed by atoms with Crippen molar-refractivity contribution >= 4 is 50.8 Å². The Kier molecular flexibility index (Phi) is 55.6. The molecule has 8 N–H and O–H groups in total. The molecule has 86 heavy (non-hydrogen) atoms. The first-order chi connectivity index (χ1) is 41.3. The molecule has 4 amide bonds. The van der Waals surface area contributed by atoms with Crippen molar-refractivity contribution in [3.63, 3.8) is 0 Å². The van der Waals surface area contributed by atoms with Crippen LogP contribution < -0.4 is 21.3 Å². The molecule has 0 aliphatic carbocycles. The van der Waals surface area contributed by atoms with Crippen LogP contribution in [-0.4, -0.2) is 145 Å². The van der Waals surface area contributed by atoms with Gasteiger partial charge in [0.05, 0.1) is 76.8 Å². The number of carbonyl (C=O) groups excluding carboxylic acids is 6. The average molecular weight is 1270 g/mol. The third-order valence-electron chi connectivity index (χ3n) is 14.5. The second-order valence-electron chi connectivity index (χ2n) is 23.0. The molecule has 0 heterocycles. The zero-order chi connectivity index (χ0) is 63.8. The lowest BCUT2D eigenvalue weighted by molar-refractivity contribution is -0.130. The van der Waals surface area contributed by atoms with Gasteiger partial charge < -0.3 is 50.7 Å². The van der Waals surface area contributed by atoms with Gasteiger partial charge in [0.15, 0.2) is 0 Å². The number of hydrogen-bond donors (Lipinski definition) is 8. The number of hydrogen-bond acceptors (Lipinski definition) is 16. The summed E-state index contributed by atoms with van der Waals surface area (Å²) in [6.07, 6.45) is 30.4. The molecule has 0 saturated carbocycles. The van der Waals surface area contributed by atoms with Crippen molar-refractivity contribution in [2.24, 2.45) is 0 Å². The molecule has 0 saturated heterocycles. The minimum absolute atomic E-state index is 0.133. The van der Waals surface area contributed by atoms with Crippen molar-refractivity contribution in [1.29, 1.82) is 0 Å². The summed E-state index contributed by atoms with van der Waals surface area (Å²) >= 11 is 0. The minimum Gasteiger partial charge on any atom is -0.393 e. The standard InChI is InChI=1S/C62H120N4O18P2/c1-5-9-13-17-19-21-23-27-31-35-57(69)47-61(73)65-53(49-79-43-39-55(67)33-29-25-15-11-7-3)51-83-85(75,76)81-45-41-63-59(71)37-38-60(72)64-42-46-82-86(77,78)84-52-54(50-80-44-40-56(68)34-30-26-16-12-8-4)66-62(74)48-58(70)36-32-28-24-22-20-18-14-10-6-2/h53-56,67-68H,5-52H2,1-4H3,(H,63,71)(H,64,72)(H,65,73)(H,66,74)(H,75,76)(H,77,78)/t53?,54?,55-,56-/m1/s1. The number of unbranched alkanes of at least 4 members (excludes halogenated alkanes) is 24. The Morgan fingerprint density at radius 3 is 0.988 bits per heavy atom. The van der Waals surface area contributed by atoms with E-state index < -0.39 is 90.0 Å². The molecule has 0 aromatic heterocycles. The maximum atomic E-state index is 12.9. The van der Waals surface area contributed by atoms with E-state index in [0.717, 1.165) is 103 Å². The number of aliphatic hydroxyl groups is 2. The smallest absolute Gasteiger partial charge is 0.393 e. The number of ketones is 2. The van der Waals surface area contributed by atoms with Crippen LogP contribution in [0.25, 0.3) is 0 Å². The van der Waals surface area contributed by atoms with E-state index in [2.05, 4.69) is 49.0 Å². The fourth-order valence-corrected chi connectivity index (χ4v) is 10.8. The summed E-state index contributed by atoms with van der Waals surface area (Å²) in [7, 11) is -9.43. The summed E-state index contributed by atoms with van der Waals surface area (Å²) in [5.74, 6) is -2.77. The SMILES string of the molecule is CCCCCCCCCCCC(=O)CC(=O)NC(COCC[C@H](O)CCCCCCC)COP(=O)(O)OCCNC(=O)CCC(=O)NCCOP(=O)(O)OCC(COCC[C@H](O)CCCCCCC)NC(=O)CC(=O)CCCCCCCCCCC. The number of phosphoric acid groups is 2. The fraction of sp³-hybridized carbons (Fsp3) is 0.903. The Labute approximate surface area is 517 Å². The molecule has 4 unspecified atom stereocenters. The van der Waals surface area contributed by atoms with Crippen molar-refractivity contribution in [3.8, 4) is 0 Å². The van der Waals surface area contributed by atoms with E-state index >= 15 is 0 Å². The molecule has 0 aromatic carbocycles. The second-order valence-corrected chi connectivity index (χ2v) is 25.9. The lowest BCUT2D eigenvalue weighted by atomic mass is 10.0. The van der Waals surface area contributed by atoms with Crippen LogP contribution in [0.2, 0.25) is 0 Å². The van der Waals surface area contributed by atoms with E-state index in [4.69, 9.17) is 27.6 Å². The number of carbonyl (C=O) groups is 6. The molecule has 0 bridgehead atoms. The highest BCUT2D eigenvalue weighted by molar-refractivity contribution is 7.47. The van der Waals surface area contributed by atoms with Crippen LogP contribution in [-0.2, 0) is 65.5 Å². The quantitative estimate of drug-likeness (QED) is 0.0159.